The molecule has 0 saturated heterocycles. The fourth-order valence-electron chi connectivity index (χ4n) is 1.45. The van der Waals surface area contributed by atoms with Crippen molar-refractivity contribution in [2.24, 2.45) is 0 Å². The van der Waals surface area contributed by atoms with Crippen LogP contribution in [0.2, 0.25) is 0 Å². The van der Waals surface area contributed by atoms with Gasteiger partial charge in [0.2, 0.25) is 0 Å². The zero-order valence-corrected chi connectivity index (χ0v) is 9.55. The average molecular weight is 247 g/mol. The van der Waals surface area contributed by atoms with Gasteiger partial charge in [0.15, 0.2) is 0 Å². The van der Waals surface area contributed by atoms with Crippen molar-refractivity contribution < 1.29 is 19.0 Å². The predicted octanol–water partition coefficient (Wildman–Crippen LogP) is 3.02. The Morgan fingerprint density at radius 1 is 1.33 bits per heavy atom. The largest absolute Gasteiger partial charge is 0.478 e. The van der Waals surface area contributed by atoms with Gasteiger partial charge in [-0.25, -0.2) is 9.18 Å². The van der Waals surface area contributed by atoms with Crippen LogP contribution in [0.15, 0.2) is 36.7 Å². The van der Waals surface area contributed by atoms with E-state index >= 15 is 0 Å². The first-order valence-electron chi connectivity index (χ1n) is 5.19. The summed E-state index contributed by atoms with van der Waals surface area (Å²) in [6, 6.07) is 4.98. The molecule has 1 heterocycles. The van der Waals surface area contributed by atoms with Gasteiger partial charge in [0.1, 0.15) is 22.9 Å². The minimum absolute atomic E-state index is 0.0956. The van der Waals surface area contributed by atoms with E-state index in [-0.39, 0.29) is 11.3 Å². The Hall–Kier alpha value is -2.43. The molecule has 0 spiro atoms. The molecule has 5 heteroatoms. The molecule has 2 rings (SSSR count). The Labute approximate surface area is 103 Å². The van der Waals surface area contributed by atoms with Crippen LogP contribution in [-0.4, -0.2) is 16.1 Å². The van der Waals surface area contributed by atoms with Crippen molar-refractivity contribution in [2.45, 2.75) is 6.92 Å². The third-order valence-electron chi connectivity index (χ3n) is 2.36. The van der Waals surface area contributed by atoms with Crippen molar-refractivity contribution >= 4 is 5.97 Å². The second-order valence-corrected chi connectivity index (χ2v) is 3.69. The number of aromatic carboxylic acids is 1. The first kappa shape index (κ1) is 12.0. The molecular formula is C13H10FNO3. The number of hydrogen-bond donors (Lipinski definition) is 1. The Morgan fingerprint density at radius 2 is 2.11 bits per heavy atom. The summed E-state index contributed by atoms with van der Waals surface area (Å²) in [7, 11) is 0. The molecule has 0 radical (unpaired) electrons. The highest BCUT2D eigenvalue weighted by atomic mass is 19.1. The highest BCUT2D eigenvalue weighted by molar-refractivity contribution is 5.91. The average Bonchev–Trinajstić information content (AvgIpc) is 2.34. The van der Waals surface area contributed by atoms with Crippen LogP contribution in [0, 0.1) is 12.7 Å². The highest BCUT2D eigenvalue weighted by Gasteiger charge is 2.14. The van der Waals surface area contributed by atoms with Gasteiger partial charge in [-0.15, -0.1) is 0 Å². The fourth-order valence-corrected chi connectivity index (χ4v) is 1.45. The van der Waals surface area contributed by atoms with Gasteiger partial charge in [-0.1, -0.05) is 0 Å². The molecule has 0 aliphatic rings. The van der Waals surface area contributed by atoms with Gasteiger partial charge in [0.25, 0.3) is 0 Å². The van der Waals surface area contributed by atoms with E-state index in [2.05, 4.69) is 4.98 Å². The van der Waals surface area contributed by atoms with Gasteiger partial charge in [-0.05, 0) is 31.2 Å². The molecule has 0 atom stereocenters. The maximum absolute atomic E-state index is 13.0. The summed E-state index contributed by atoms with van der Waals surface area (Å²) in [6.45, 7) is 1.78. The van der Waals surface area contributed by atoms with Crippen molar-refractivity contribution in [1.82, 2.24) is 4.98 Å². The van der Waals surface area contributed by atoms with E-state index in [9.17, 15) is 9.18 Å². The highest BCUT2D eigenvalue weighted by Crippen LogP contribution is 2.27. The molecule has 0 aliphatic heterocycles. The van der Waals surface area contributed by atoms with Crippen LogP contribution in [0.4, 0.5) is 4.39 Å². The summed E-state index contributed by atoms with van der Waals surface area (Å²) in [6.07, 6.45) is 3.13. The van der Waals surface area contributed by atoms with Crippen LogP contribution in [0.5, 0.6) is 11.5 Å². The maximum Gasteiger partial charge on any atom is 0.339 e. The first-order chi connectivity index (χ1) is 8.58. The topological polar surface area (TPSA) is 59.4 Å². The monoisotopic (exact) mass is 247 g/mol. The number of nitrogens with zero attached hydrogens (tertiary/aromatic N) is 1. The van der Waals surface area contributed by atoms with E-state index in [0.717, 1.165) is 17.7 Å². The number of pyridine rings is 1. The van der Waals surface area contributed by atoms with Crippen LogP contribution in [0.25, 0.3) is 0 Å². The Kier molecular flexibility index (Phi) is 3.23. The molecule has 18 heavy (non-hydrogen) atoms. The summed E-state index contributed by atoms with van der Waals surface area (Å²) in [5.41, 5.74) is 0.546. The number of rotatable bonds is 3. The minimum Gasteiger partial charge on any atom is -0.478 e. The van der Waals surface area contributed by atoms with Crippen molar-refractivity contribution in [1.29, 1.82) is 0 Å². The molecule has 92 valence electrons. The summed E-state index contributed by atoms with van der Waals surface area (Å²) >= 11 is 0. The van der Waals surface area contributed by atoms with Gasteiger partial charge in [-0.2, -0.15) is 0 Å². The fraction of sp³-hybridized carbons (Fsp3) is 0.0769. The predicted molar refractivity (Wildman–Crippen MR) is 62.4 cm³/mol. The first-order valence-corrected chi connectivity index (χ1v) is 5.19. The number of aryl methyl sites for hydroxylation is 1. The van der Waals surface area contributed by atoms with Crippen molar-refractivity contribution in [2.75, 3.05) is 0 Å². The Morgan fingerprint density at radius 3 is 2.78 bits per heavy atom. The van der Waals surface area contributed by atoms with E-state index in [1.807, 2.05) is 0 Å². The number of carbonyl (C=O) groups is 1. The molecule has 0 bridgehead atoms. The van der Waals surface area contributed by atoms with Gasteiger partial charge in [0, 0.05) is 18.0 Å². The van der Waals surface area contributed by atoms with Crippen LogP contribution < -0.4 is 4.74 Å². The molecule has 1 aromatic heterocycles. The molecule has 0 unspecified atom stereocenters. The van der Waals surface area contributed by atoms with Gasteiger partial charge in [-0.3, -0.25) is 4.98 Å². The third kappa shape index (κ3) is 2.45. The Balaban J connectivity index is 2.41. The van der Waals surface area contributed by atoms with Crippen molar-refractivity contribution in [3.05, 3.63) is 53.6 Å². The van der Waals surface area contributed by atoms with Crippen LogP contribution in [0.3, 0.4) is 0 Å². The molecule has 2 aromatic rings. The molecule has 1 aromatic carbocycles. The maximum atomic E-state index is 13.0. The minimum atomic E-state index is -1.24. The lowest BCUT2D eigenvalue weighted by Gasteiger charge is -2.10. The summed E-state index contributed by atoms with van der Waals surface area (Å²) in [5, 5.41) is 8.98. The SMILES string of the molecule is Cc1cnccc1Oc1ccc(F)cc1C(=O)O. The zero-order valence-electron chi connectivity index (χ0n) is 9.55. The zero-order chi connectivity index (χ0) is 13.1. The lowest BCUT2D eigenvalue weighted by atomic mass is 10.2. The standard InChI is InChI=1S/C13H10FNO3/c1-8-7-15-5-4-11(8)18-12-3-2-9(14)6-10(12)13(16)17/h2-7H,1H3,(H,16,17). The van der Waals surface area contributed by atoms with Crippen LogP contribution in [-0.2, 0) is 0 Å². The number of carboxylic acid groups (broad SMARTS) is 1. The summed E-state index contributed by atoms with van der Waals surface area (Å²) in [5.74, 6) is -1.28. The smallest absolute Gasteiger partial charge is 0.339 e. The molecule has 1 N–H and O–H groups in total. The molecule has 0 saturated carbocycles. The summed E-state index contributed by atoms with van der Waals surface area (Å²) < 4.78 is 18.5. The normalized spacial score (nSPS) is 10.1. The van der Waals surface area contributed by atoms with E-state index in [4.69, 9.17) is 9.84 Å². The van der Waals surface area contributed by atoms with Gasteiger partial charge >= 0.3 is 5.97 Å². The number of benzene rings is 1. The summed E-state index contributed by atoms with van der Waals surface area (Å²) in [4.78, 5) is 14.9. The molecule has 4 nitrogen and oxygen atoms in total. The lowest BCUT2D eigenvalue weighted by molar-refractivity contribution is 0.0693. The van der Waals surface area contributed by atoms with Gasteiger partial charge < -0.3 is 9.84 Å². The molecule has 0 fully saturated rings. The van der Waals surface area contributed by atoms with Gasteiger partial charge in [0.05, 0.1) is 0 Å². The van der Waals surface area contributed by atoms with E-state index in [0.29, 0.717) is 5.75 Å². The molecular weight excluding hydrogens is 237 g/mol. The second kappa shape index (κ2) is 4.83. The van der Waals surface area contributed by atoms with Crippen LogP contribution in [0.1, 0.15) is 15.9 Å². The third-order valence-corrected chi connectivity index (χ3v) is 2.36. The molecule has 0 amide bonds. The lowest BCUT2D eigenvalue weighted by Crippen LogP contribution is -2.01. The van der Waals surface area contributed by atoms with E-state index in [1.54, 1.807) is 19.2 Å². The number of hydrogen-bond acceptors (Lipinski definition) is 3. The number of ether oxygens (including phenoxy) is 1. The number of carboxylic acids is 1. The van der Waals surface area contributed by atoms with E-state index in [1.165, 1.54) is 12.3 Å². The Bertz CT molecular complexity index is 599. The molecule has 0 aliphatic carbocycles. The second-order valence-electron chi connectivity index (χ2n) is 3.69. The number of aromatic nitrogens is 1. The van der Waals surface area contributed by atoms with Crippen LogP contribution >= 0.6 is 0 Å². The van der Waals surface area contributed by atoms with Crippen molar-refractivity contribution in [3.63, 3.8) is 0 Å². The van der Waals surface area contributed by atoms with E-state index < -0.39 is 11.8 Å². The number of halogens is 1. The quantitative estimate of drug-likeness (QED) is 0.905. The van der Waals surface area contributed by atoms with Crippen molar-refractivity contribution in [3.8, 4) is 11.5 Å².